The lowest BCUT2D eigenvalue weighted by Gasteiger charge is -2.21. The minimum Gasteiger partial charge on any atom is -0.496 e. The van der Waals surface area contributed by atoms with E-state index < -0.39 is 18.6 Å². The molecule has 11 nitrogen and oxygen atoms in total. The number of fused-ring (bicyclic) bond motifs is 1. The molecule has 0 saturated heterocycles. The van der Waals surface area contributed by atoms with Crippen LogP contribution in [0.25, 0.3) is 22.4 Å². The zero-order chi connectivity index (χ0) is 32.2. The van der Waals surface area contributed by atoms with Gasteiger partial charge in [-0.3, -0.25) is 19.9 Å². The van der Waals surface area contributed by atoms with Crippen LogP contribution in [-0.2, 0) is 36.1 Å². The molecule has 0 fully saturated rings. The molecule has 1 amide bonds. The molecule has 1 atom stereocenters. The van der Waals surface area contributed by atoms with Crippen LogP contribution in [0.15, 0.2) is 48.7 Å². The number of likely N-dealkylation sites (N-methyl/N-ethyl adjacent to an activating group) is 1. The molecule has 4 aromatic rings. The number of hydrogen-bond acceptors (Lipinski definition) is 9. The van der Waals surface area contributed by atoms with E-state index in [9.17, 15) is 14.7 Å². The fourth-order valence-corrected chi connectivity index (χ4v) is 5.95. The molecular weight excluding hydrogens is 619 g/mol. The molecule has 0 aliphatic carbocycles. The van der Waals surface area contributed by atoms with Crippen molar-refractivity contribution in [3.63, 3.8) is 0 Å². The second-order valence-electron chi connectivity index (χ2n) is 10.7. The number of esters is 1. The van der Waals surface area contributed by atoms with E-state index in [2.05, 4.69) is 25.5 Å². The number of carbonyl (C=O) groups excluding carboxylic acids is 2. The Morgan fingerprint density at radius 2 is 1.78 bits per heavy atom. The number of halogens is 2. The minimum atomic E-state index is -0.883. The van der Waals surface area contributed by atoms with E-state index in [-0.39, 0.29) is 12.5 Å². The van der Waals surface area contributed by atoms with Gasteiger partial charge in [0.15, 0.2) is 5.82 Å². The summed E-state index contributed by atoms with van der Waals surface area (Å²) in [6.45, 7) is 1.39. The molecule has 2 aromatic heterocycles. The lowest BCUT2D eigenvalue weighted by molar-refractivity contribution is -0.144. The maximum absolute atomic E-state index is 13.3. The number of aromatic nitrogens is 3. The number of nitrogens with zero attached hydrogens (tertiary/aromatic N) is 4. The summed E-state index contributed by atoms with van der Waals surface area (Å²) in [4.78, 5) is 36.5. The molecule has 45 heavy (non-hydrogen) atoms. The van der Waals surface area contributed by atoms with Crippen LogP contribution in [0, 0.1) is 0 Å². The predicted molar refractivity (Wildman–Crippen MR) is 173 cm³/mol. The summed E-state index contributed by atoms with van der Waals surface area (Å²) in [5.41, 5.74) is 5.56. The second-order valence-corrected chi connectivity index (χ2v) is 11.4. The number of aliphatic hydroxyl groups excluding tert-OH is 1. The number of nitrogens with one attached hydrogen (secondary N) is 2. The average molecular weight is 654 g/mol. The van der Waals surface area contributed by atoms with Crippen molar-refractivity contribution < 1.29 is 24.2 Å². The van der Waals surface area contributed by atoms with Gasteiger partial charge in [0.05, 0.1) is 47.9 Å². The number of hydrogen-bond donors (Lipinski definition) is 3. The van der Waals surface area contributed by atoms with Crippen molar-refractivity contribution in [3.05, 3.63) is 81.5 Å². The molecule has 0 spiro atoms. The number of carbonyl (C=O) groups is 2. The molecule has 1 aliphatic rings. The van der Waals surface area contributed by atoms with Crippen LogP contribution in [0.4, 0.5) is 5.69 Å². The number of pyridine rings is 1. The number of imidazole rings is 1. The van der Waals surface area contributed by atoms with Crippen LogP contribution in [0.1, 0.15) is 27.6 Å². The number of amides is 1. The molecule has 0 bridgehead atoms. The highest BCUT2D eigenvalue weighted by molar-refractivity contribution is 6.39. The third-order valence-electron chi connectivity index (χ3n) is 7.83. The van der Waals surface area contributed by atoms with Crippen molar-refractivity contribution in [3.8, 4) is 28.1 Å². The van der Waals surface area contributed by atoms with Gasteiger partial charge in [0, 0.05) is 73.3 Å². The van der Waals surface area contributed by atoms with Gasteiger partial charge in [-0.15, -0.1) is 0 Å². The Hall–Kier alpha value is -4.00. The standard InChI is InChI=1S/C32H34Cl2N6O5/c1-39-12-11-26-24(16-39)37-30(40(26)2)31(42)38-22-10-6-8-20(29(22)34)19-7-5-9-21(28(19)33)23-13-27(44-3)18(14-35-23)15-36-25(17-41)32(43)45-4/h5-10,13-14,25,36,41H,11-12,15-17H2,1-4H3,(H,38,42)/t25-/m0/s1. The van der Waals surface area contributed by atoms with E-state index in [1.165, 1.54) is 14.2 Å². The Morgan fingerprint density at radius 3 is 2.49 bits per heavy atom. The van der Waals surface area contributed by atoms with Gasteiger partial charge in [-0.1, -0.05) is 53.5 Å². The topological polar surface area (TPSA) is 131 Å². The summed E-state index contributed by atoms with van der Waals surface area (Å²) in [5.74, 6) is -0.0833. The van der Waals surface area contributed by atoms with Crippen molar-refractivity contribution in [1.29, 1.82) is 0 Å². The fourth-order valence-electron chi connectivity index (χ4n) is 5.35. The van der Waals surface area contributed by atoms with Crippen LogP contribution in [0.5, 0.6) is 5.75 Å². The van der Waals surface area contributed by atoms with E-state index >= 15 is 0 Å². The highest BCUT2D eigenvalue weighted by atomic mass is 35.5. The average Bonchev–Trinajstić information content (AvgIpc) is 3.37. The minimum absolute atomic E-state index is 0.205. The number of aliphatic hydroxyl groups is 1. The van der Waals surface area contributed by atoms with Crippen molar-refractivity contribution in [2.45, 2.75) is 25.6 Å². The summed E-state index contributed by atoms with van der Waals surface area (Å²) >= 11 is 13.8. The zero-order valence-electron chi connectivity index (χ0n) is 25.4. The summed E-state index contributed by atoms with van der Waals surface area (Å²) in [6.07, 6.45) is 2.44. The first-order valence-corrected chi connectivity index (χ1v) is 15.0. The molecule has 0 unspecified atom stereocenters. The van der Waals surface area contributed by atoms with Crippen molar-refractivity contribution in [1.82, 2.24) is 24.8 Å². The van der Waals surface area contributed by atoms with Crippen LogP contribution < -0.4 is 15.4 Å². The maximum Gasteiger partial charge on any atom is 0.325 e. The SMILES string of the molecule is COC(=O)[C@H](CO)NCc1cnc(-c2cccc(-c3cccc(NC(=O)c4nc5c(n4C)CCN(C)C5)c3Cl)c2Cl)cc1OC. The molecule has 3 N–H and O–H groups in total. The first-order chi connectivity index (χ1) is 21.7. The second kappa shape index (κ2) is 14.0. The lowest BCUT2D eigenvalue weighted by atomic mass is 10.00. The summed E-state index contributed by atoms with van der Waals surface area (Å²) in [6, 6.07) is 11.8. The van der Waals surface area contributed by atoms with Crippen LogP contribution in [-0.4, -0.2) is 76.9 Å². The van der Waals surface area contributed by atoms with Gasteiger partial charge in [-0.2, -0.15) is 0 Å². The molecule has 13 heteroatoms. The van der Waals surface area contributed by atoms with E-state index in [1.807, 2.05) is 42.9 Å². The zero-order valence-corrected chi connectivity index (χ0v) is 26.9. The van der Waals surface area contributed by atoms with Crippen molar-refractivity contribution in [2.75, 3.05) is 39.7 Å². The molecule has 5 rings (SSSR count). The Labute approximate surface area is 271 Å². The van der Waals surface area contributed by atoms with Gasteiger partial charge in [-0.25, -0.2) is 4.98 Å². The Bertz CT molecular complexity index is 1740. The number of rotatable bonds is 10. The van der Waals surface area contributed by atoms with E-state index in [0.29, 0.717) is 61.8 Å². The number of benzene rings is 2. The summed E-state index contributed by atoms with van der Waals surface area (Å²) in [5, 5.41) is 16.1. The normalized spacial score (nSPS) is 13.7. The maximum atomic E-state index is 13.3. The van der Waals surface area contributed by atoms with Crippen LogP contribution >= 0.6 is 23.2 Å². The summed E-state index contributed by atoms with van der Waals surface area (Å²) < 4.78 is 12.1. The number of ether oxygens (including phenoxy) is 2. The van der Waals surface area contributed by atoms with E-state index in [0.717, 1.165) is 24.4 Å². The first kappa shape index (κ1) is 32.4. The monoisotopic (exact) mass is 652 g/mol. The highest BCUT2D eigenvalue weighted by Crippen LogP contribution is 2.41. The predicted octanol–water partition coefficient (Wildman–Crippen LogP) is 4.33. The van der Waals surface area contributed by atoms with Crippen LogP contribution in [0.3, 0.4) is 0 Å². The van der Waals surface area contributed by atoms with Gasteiger partial charge in [0.1, 0.15) is 11.8 Å². The molecule has 0 radical (unpaired) electrons. The fraction of sp³-hybridized carbons (Fsp3) is 0.312. The van der Waals surface area contributed by atoms with Gasteiger partial charge in [0.25, 0.3) is 5.91 Å². The molecule has 3 heterocycles. The third-order valence-corrected chi connectivity index (χ3v) is 8.65. The smallest absolute Gasteiger partial charge is 0.325 e. The van der Waals surface area contributed by atoms with Gasteiger partial charge in [-0.05, 0) is 13.1 Å². The Balaban J connectivity index is 1.40. The van der Waals surface area contributed by atoms with Crippen molar-refractivity contribution in [2.24, 2.45) is 7.05 Å². The van der Waals surface area contributed by atoms with E-state index in [4.69, 9.17) is 32.7 Å². The van der Waals surface area contributed by atoms with Gasteiger partial charge in [0.2, 0.25) is 0 Å². The lowest BCUT2D eigenvalue weighted by Crippen LogP contribution is -2.40. The van der Waals surface area contributed by atoms with Crippen LogP contribution in [0.2, 0.25) is 10.0 Å². The Kier molecular flexibility index (Phi) is 10.1. The van der Waals surface area contributed by atoms with Gasteiger partial charge >= 0.3 is 5.97 Å². The molecule has 2 aromatic carbocycles. The first-order valence-electron chi connectivity index (χ1n) is 14.2. The molecule has 0 saturated carbocycles. The van der Waals surface area contributed by atoms with Gasteiger partial charge < -0.3 is 29.4 Å². The highest BCUT2D eigenvalue weighted by Gasteiger charge is 2.25. The van der Waals surface area contributed by atoms with Crippen molar-refractivity contribution >= 4 is 40.8 Å². The number of anilines is 1. The largest absolute Gasteiger partial charge is 0.496 e. The van der Waals surface area contributed by atoms with E-state index in [1.54, 1.807) is 24.4 Å². The molecular formula is C32H34Cl2N6O5. The quantitative estimate of drug-likeness (QED) is 0.214. The Morgan fingerprint density at radius 1 is 1.07 bits per heavy atom. The molecule has 236 valence electrons. The summed E-state index contributed by atoms with van der Waals surface area (Å²) in [7, 11) is 6.68. The third kappa shape index (κ3) is 6.68. The molecule has 1 aliphatic heterocycles. The number of methoxy groups -OCH3 is 2.